The fourth-order valence-electron chi connectivity index (χ4n) is 6.02. The number of halogens is 3. The van der Waals surface area contributed by atoms with Gasteiger partial charge >= 0.3 is 6.61 Å². The summed E-state index contributed by atoms with van der Waals surface area (Å²) in [5, 5.41) is 3.76. The summed E-state index contributed by atoms with van der Waals surface area (Å²) in [5.41, 5.74) is 4.16. The third-order valence-electron chi connectivity index (χ3n) is 8.55. The normalized spacial score (nSPS) is 19.6. The van der Waals surface area contributed by atoms with E-state index in [9.17, 15) is 8.78 Å². The predicted octanol–water partition coefficient (Wildman–Crippen LogP) is 7.41. The molecule has 8 nitrogen and oxygen atoms in total. The second kappa shape index (κ2) is 12.0. The standard InChI is InChI=1S/C34H31F3N6O2/c1-19-16-23(19)28-18-43(14-15-44-28)34-39-17-24(21-9-11-22(12-10-21)45-33(36)37)32(42-34)41-31-20(2)30(27-7-3-4-13-38-27)40-26-8-5-6-25(35)29(26)31/h3-13,17,19,23,28,33H,14-16,18H2,1-2H3,(H,39,40,41,42)/t19?,23-,28?/m0/s1. The first-order chi connectivity index (χ1) is 21.9. The molecule has 2 fully saturated rings. The van der Waals surface area contributed by atoms with Crippen LogP contribution >= 0.6 is 0 Å². The summed E-state index contributed by atoms with van der Waals surface area (Å²) >= 11 is 0. The minimum absolute atomic E-state index is 0.0347. The fourth-order valence-corrected chi connectivity index (χ4v) is 6.02. The average Bonchev–Trinajstić information content (AvgIpc) is 3.79. The van der Waals surface area contributed by atoms with Gasteiger partial charge in [-0.1, -0.05) is 31.2 Å². The molecule has 1 N–H and O–H groups in total. The van der Waals surface area contributed by atoms with Gasteiger partial charge in [-0.3, -0.25) is 4.98 Å². The van der Waals surface area contributed by atoms with Crippen LogP contribution in [0, 0.1) is 24.6 Å². The number of hydrogen-bond acceptors (Lipinski definition) is 8. The molecule has 0 amide bonds. The Hall–Kier alpha value is -4.77. The van der Waals surface area contributed by atoms with Gasteiger partial charge in [0, 0.05) is 36.6 Å². The highest BCUT2D eigenvalue weighted by Gasteiger charge is 2.42. The summed E-state index contributed by atoms with van der Waals surface area (Å²) in [6, 6.07) is 16.6. The zero-order valence-corrected chi connectivity index (χ0v) is 24.8. The molecule has 1 aliphatic heterocycles. The van der Waals surface area contributed by atoms with E-state index in [0.717, 1.165) is 6.42 Å². The Bertz CT molecular complexity index is 1840. The maximum atomic E-state index is 15.5. The largest absolute Gasteiger partial charge is 0.435 e. The quantitative estimate of drug-likeness (QED) is 0.194. The molecule has 0 spiro atoms. The lowest BCUT2D eigenvalue weighted by atomic mass is 10.0. The molecule has 4 heterocycles. The number of morpholine rings is 1. The van der Waals surface area contributed by atoms with Crippen molar-refractivity contribution in [2.45, 2.75) is 33.0 Å². The molecule has 2 unspecified atom stereocenters. The minimum Gasteiger partial charge on any atom is -0.435 e. The number of ether oxygens (including phenoxy) is 2. The first-order valence-electron chi connectivity index (χ1n) is 14.9. The lowest BCUT2D eigenvalue weighted by molar-refractivity contribution is -0.0498. The van der Waals surface area contributed by atoms with E-state index in [1.165, 1.54) is 18.2 Å². The Morgan fingerprint density at radius 2 is 1.84 bits per heavy atom. The van der Waals surface area contributed by atoms with E-state index in [1.54, 1.807) is 36.7 Å². The number of benzene rings is 2. The van der Waals surface area contributed by atoms with Gasteiger partial charge in [-0.25, -0.2) is 14.4 Å². The van der Waals surface area contributed by atoms with Crippen LogP contribution in [0.25, 0.3) is 33.4 Å². The van der Waals surface area contributed by atoms with Crippen molar-refractivity contribution in [3.05, 3.63) is 84.4 Å². The Morgan fingerprint density at radius 3 is 2.58 bits per heavy atom. The van der Waals surface area contributed by atoms with Gasteiger partial charge in [-0.05, 0) is 67.1 Å². The topological polar surface area (TPSA) is 85.3 Å². The molecule has 11 heteroatoms. The van der Waals surface area contributed by atoms with Crippen LogP contribution in [-0.2, 0) is 4.74 Å². The summed E-state index contributed by atoms with van der Waals surface area (Å²) < 4.78 is 51.8. The van der Waals surface area contributed by atoms with Gasteiger partial charge in [0.25, 0.3) is 0 Å². The lowest BCUT2D eigenvalue weighted by Gasteiger charge is -2.33. The molecule has 3 aromatic heterocycles. The molecule has 0 radical (unpaired) electrons. The monoisotopic (exact) mass is 612 g/mol. The summed E-state index contributed by atoms with van der Waals surface area (Å²) in [5.74, 6) is 1.71. The Kier molecular flexibility index (Phi) is 7.70. The highest BCUT2D eigenvalue weighted by Crippen LogP contribution is 2.43. The van der Waals surface area contributed by atoms with Gasteiger partial charge in [0.05, 0.1) is 40.7 Å². The van der Waals surface area contributed by atoms with Crippen LogP contribution in [0.2, 0.25) is 0 Å². The summed E-state index contributed by atoms with van der Waals surface area (Å²) in [7, 11) is 0. The number of nitrogens with one attached hydrogen (secondary N) is 1. The molecule has 2 aliphatic rings. The van der Waals surface area contributed by atoms with E-state index >= 15 is 4.39 Å². The van der Waals surface area contributed by atoms with Crippen molar-refractivity contribution in [1.82, 2.24) is 19.9 Å². The van der Waals surface area contributed by atoms with Crippen LogP contribution in [-0.4, -0.2) is 52.3 Å². The van der Waals surface area contributed by atoms with E-state index in [1.807, 2.05) is 25.1 Å². The zero-order valence-electron chi connectivity index (χ0n) is 24.8. The van der Waals surface area contributed by atoms with Gasteiger partial charge < -0.3 is 19.7 Å². The molecule has 3 atom stereocenters. The molecule has 1 saturated carbocycles. The third-order valence-corrected chi connectivity index (χ3v) is 8.55. The average molecular weight is 613 g/mol. The van der Waals surface area contributed by atoms with Crippen LogP contribution in [0.3, 0.4) is 0 Å². The van der Waals surface area contributed by atoms with Crippen LogP contribution in [0.5, 0.6) is 5.75 Å². The maximum absolute atomic E-state index is 15.5. The van der Waals surface area contributed by atoms with E-state index < -0.39 is 12.4 Å². The van der Waals surface area contributed by atoms with Gasteiger partial charge in [0.2, 0.25) is 5.95 Å². The number of rotatable bonds is 8. The van der Waals surface area contributed by atoms with Crippen molar-refractivity contribution in [3.63, 3.8) is 0 Å². The van der Waals surface area contributed by atoms with Crippen molar-refractivity contribution < 1.29 is 22.6 Å². The number of nitrogens with zero attached hydrogens (tertiary/aromatic N) is 5. The number of fused-ring (bicyclic) bond motifs is 1. The van der Waals surface area contributed by atoms with E-state index in [-0.39, 0.29) is 11.9 Å². The van der Waals surface area contributed by atoms with E-state index in [4.69, 9.17) is 19.7 Å². The minimum atomic E-state index is -2.93. The fraction of sp³-hybridized carbons (Fsp3) is 0.294. The first-order valence-corrected chi connectivity index (χ1v) is 14.9. The Labute approximate surface area is 258 Å². The number of hydrogen-bond donors (Lipinski definition) is 1. The number of aromatic nitrogens is 4. The lowest BCUT2D eigenvalue weighted by Crippen LogP contribution is -2.44. The Morgan fingerprint density at radius 1 is 1.02 bits per heavy atom. The molecular weight excluding hydrogens is 581 g/mol. The SMILES string of the molecule is Cc1c(-c2ccccn2)nc2cccc(F)c2c1Nc1nc(N2CCOC([C@H]3CC3C)C2)ncc1-c1ccc(OC(F)F)cc1. The molecule has 5 aromatic rings. The van der Waals surface area contributed by atoms with Crippen molar-refractivity contribution in [1.29, 1.82) is 0 Å². The van der Waals surface area contributed by atoms with E-state index in [2.05, 4.69) is 26.9 Å². The van der Waals surface area contributed by atoms with Crippen LogP contribution in [0.4, 0.5) is 30.6 Å². The molecule has 45 heavy (non-hydrogen) atoms. The highest BCUT2D eigenvalue weighted by atomic mass is 19.3. The second-order valence-electron chi connectivity index (χ2n) is 11.5. The van der Waals surface area contributed by atoms with Crippen molar-refractivity contribution in [3.8, 4) is 28.3 Å². The van der Waals surface area contributed by atoms with Crippen molar-refractivity contribution >= 4 is 28.4 Å². The van der Waals surface area contributed by atoms with Gasteiger partial charge in [0.1, 0.15) is 17.4 Å². The molecule has 2 aromatic carbocycles. The Balaban J connectivity index is 1.35. The number of alkyl halides is 2. The molecule has 1 aliphatic carbocycles. The first kappa shape index (κ1) is 29.0. The zero-order chi connectivity index (χ0) is 31.1. The maximum Gasteiger partial charge on any atom is 0.387 e. The third kappa shape index (κ3) is 5.87. The highest BCUT2D eigenvalue weighted by molar-refractivity contribution is 5.99. The second-order valence-corrected chi connectivity index (χ2v) is 11.5. The van der Waals surface area contributed by atoms with Gasteiger partial charge in [0.15, 0.2) is 0 Å². The van der Waals surface area contributed by atoms with Crippen molar-refractivity contribution in [2.75, 3.05) is 29.9 Å². The number of anilines is 3. The van der Waals surface area contributed by atoms with E-state index in [0.29, 0.717) is 88.0 Å². The van der Waals surface area contributed by atoms with Crippen molar-refractivity contribution in [2.24, 2.45) is 11.8 Å². The summed E-state index contributed by atoms with van der Waals surface area (Å²) in [4.78, 5) is 21.1. The molecule has 7 rings (SSSR count). The van der Waals surface area contributed by atoms with Gasteiger partial charge in [-0.2, -0.15) is 13.8 Å². The molecule has 0 bridgehead atoms. The summed E-state index contributed by atoms with van der Waals surface area (Å²) in [6.07, 6.45) is 4.65. The number of pyridine rings is 2. The van der Waals surface area contributed by atoms with Crippen LogP contribution < -0.4 is 15.0 Å². The predicted molar refractivity (Wildman–Crippen MR) is 166 cm³/mol. The molecular formula is C34H31F3N6O2. The summed E-state index contributed by atoms with van der Waals surface area (Å²) in [6.45, 7) is 3.04. The smallest absolute Gasteiger partial charge is 0.387 e. The molecule has 1 saturated heterocycles. The van der Waals surface area contributed by atoms with Crippen LogP contribution in [0.1, 0.15) is 18.9 Å². The molecule has 230 valence electrons. The van der Waals surface area contributed by atoms with Crippen LogP contribution in [0.15, 0.2) is 73.1 Å². The van der Waals surface area contributed by atoms with Gasteiger partial charge in [-0.15, -0.1) is 0 Å².